The van der Waals surface area contributed by atoms with E-state index in [2.05, 4.69) is 93.7 Å². The molecule has 0 aliphatic heterocycles. The summed E-state index contributed by atoms with van der Waals surface area (Å²) in [5.41, 5.74) is 0. The van der Waals surface area contributed by atoms with Gasteiger partial charge in [0.15, 0.2) is 6.10 Å². The number of unbranched alkanes of at least 4 members (excludes halogenated alkanes) is 33. The number of allylic oxidation sites excluding steroid dienone is 12. The molecule has 0 spiro atoms. The van der Waals surface area contributed by atoms with Gasteiger partial charge in [0.25, 0.3) is 0 Å². The third kappa shape index (κ3) is 57.7. The van der Waals surface area contributed by atoms with Crippen LogP contribution in [0.15, 0.2) is 72.9 Å². The van der Waals surface area contributed by atoms with Crippen molar-refractivity contribution in [3.8, 4) is 0 Å². The van der Waals surface area contributed by atoms with Gasteiger partial charge in [-0.15, -0.1) is 0 Å². The second kappa shape index (κ2) is 60.4. The molecule has 72 heavy (non-hydrogen) atoms. The number of hydrogen-bond acceptors (Lipinski definition) is 6. The summed E-state index contributed by atoms with van der Waals surface area (Å²) < 4.78 is 16.9. The van der Waals surface area contributed by atoms with Gasteiger partial charge >= 0.3 is 17.9 Å². The molecule has 0 heterocycles. The molecule has 0 amide bonds. The Bertz CT molecular complexity index is 1340. The normalized spacial score (nSPS) is 12.5. The Morgan fingerprint density at radius 1 is 0.292 bits per heavy atom. The summed E-state index contributed by atoms with van der Waals surface area (Å²) in [6.45, 7) is 6.52. The largest absolute Gasteiger partial charge is 0.462 e. The fourth-order valence-corrected chi connectivity index (χ4v) is 8.78. The molecule has 1 unspecified atom stereocenters. The quantitative estimate of drug-likeness (QED) is 0.0261. The van der Waals surface area contributed by atoms with Crippen molar-refractivity contribution in [2.75, 3.05) is 13.2 Å². The number of esters is 3. The first-order valence-electron chi connectivity index (χ1n) is 30.9. The molecule has 0 saturated heterocycles. The van der Waals surface area contributed by atoms with Gasteiger partial charge in [-0.2, -0.15) is 0 Å². The Hall–Kier alpha value is -3.15. The topological polar surface area (TPSA) is 78.9 Å². The van der Waals surface area contributed by atoms with Crippen LogP contribution in [-0.2, 0) is 28.6 Å². The van der Waals surface area contributed by atoms with E-state index in [4.69, 9.17) is 14.2 Å². The zero-order chi connectivity index (χ0) is 52.2. The lowest BCUT2D eigenvalue weighted by Crippen LogP contribution is -2.30. The monoisotopic (exact) mass is 1000 g/mol. The van der Waals surface area contributed by atoms with Crippen molar-refractivity contribution in [2.24, 2.45) is 0 Å². The van der Waals surface area contributed by atoms with Crippen molar-refractivity contribution in [2.45, 2.75) is 316 Å². The van der Waals surface area contributed by atoms with Gasteiger partial charge in [0, 0.05) is 19.3 Å². The van der Waals surface area contributed by atoms with Crippen molar-refractivity contribution >= 4 is 17.9 Å². The highest BCUT2D eigenvalue weighted by Crippen LogP contribution is 2.16. The summed E-state index contributed by atoms with van der Waals surface area (Å²) in [6, 6.07) is 0. The van der Waals surface area contributed by atoms with E-state index in [1.807, 2.05) is 0 Å². The van der Waals surface area contributed by atoms with Gasteiger partial charge < -0.3 is 14.2 Å². The lowest BCUT2D eigenvalue weighted by molar-refractivity contribution is -0.167. The zero-order valence-corrected chi connectivity index (χ0v) is 47.7. The molecule has 0 radical (unpaired) electrons. The van der Waals surface area contributed by atoms with Gasteiger partial charge in [0.1, 0.15) is 13.2 Å². The summed E-state index contributed by atoms with van der Waals surface area (Å²) in [6.07, 6.45) is 77.6. The van der Waals surface area contributed by atoms with Crippen LogP contribution in [0.25, 0.3) is 0 Å². The minimum Gasteiger partial charge on any atom is -0.462 e. The molecule has 6 nitrogen and oxygen atoms in total. The smallest absolute Gasteiger partial charge is 0.306 e. The first-order chi connectivity index (χ1) is 35.5. The summed E-state index contributed by atoms with van der Waals surface area (Å²) >= 11 is 0. The number of ether oxygens (including phenoxy) is 3. The van der Waals surface area contributed by atoms with Gasteiger partial charge in [-0.05, 0) is 109 Å². The first-order valence-corrected chi connectivity index (χ1v) is 30.9. The van der Waals surface area contributed by atoms with Crippen LogP contribution in [0.1, 0.15) is 310 Å². The van der Waals surface area contributed by atoms with E-state index >= 15 is 0 Å². The second-order valence-corrected chi connectivity index (χ2v) is 20.6. The molecule has 0 rings (SSSR count). The van der Waals surface area contributed by atoms with Crippen LogP contribution < -0.4 is 0 Å². The summed E-state index contributed by atoms with van der Waals surface area (Å²) in [7, 11) is 0. The highest BCUT2D eigenvalue weighted by molar-refractivity contribution is 5.71. The number of rotatable bonds is 56. The standard InChI is InChI=1S/C66H116O6/c1-4-7-10-13-16-19-22-25-27-28-29-30-31-32-33-34-35-36-37-38-39-42-44-47-50-53-56-59-65(68)71-62-63(61-70-64(67)58-55-52-49-46-43-40-24-21-18-15-12-9-6-3)72-66(69)60-57-54-51-48-45-41-26-23-20-17-14-11-8-5-2/h7,10,16,19,21,23-27,29-30,63H,4-6,8-9,11-15,17-18,20,22,28,31-62H2,1-3H3/b10-7-,19-16-,24-21-,26-23-,27-25-,30-29-. The maximum absolute atomic E-state index is 12.9. The lowest BCUT2D eigenvalue weighted by Gasteiger charge is -2.18. The molecule has 0 N–H and O–H groups in total. The van der Waals surface area contributed by atoms with Gasteiger partial charge in [-0.25, -0.2) is 0 Å². The number of carbonyl (C=O) groups excluding carboxylic acids is 3. The van der Waals surface area contributed by atoms with Crippen LogP contribution in [0.3, 0.4) is 0 Å². The summed E-state index contributed by atoms with van der Waals surface area (Å²) in [4.78, 5) is 38.2. The molecule has 0 bridgehead atoms. The number of carbonyl (C=O) groups is 3. The minimum atomic E-state index is -0.782. The average molecular weight is 1010 g/mol. The minimum absolute atomic E-state index is 0.0794. The fraction of sp³-hybridized carbons (Fsp3) is 0.773. The third-order valence-corrected chi connectivity index (χ3v) is 13.4. The summed E-state index contributed by atoms with van der Waals surface area (Å²) in [5.74, 6) is -0.886. The predicted octanol–water partition coefficient (Wildman–Crippen LogP) is 20.9. The SMILES string of the molecule is CC/C=C\C/C=C\C/C=C\C/C=C\CCCCCCCCCCCCCCCCC(=O)OCC(COC(=O)CCCCCCC/C=C\CCCCCC)OC(=O)CCCCCCC/C=C\CCCCCCC. The van der Waals surface area contributed by atoms with Crippen molar-refractivity contribution < 1.29 is 28.6 Å². The van der Waals surface area contributed by atoms with Gasteiger partial charge in [0.2, 0.25) is 0 Å². The van der Waals surface area contributed by atoms with Crippen LogP contribution in [0.5, 0.6) is 0 Å². The molecule has 0 aliphatic carbocycles. The van der Waals surface area contributed by atoms with E-state index in [1.165, 1.54) is 167 Å². The van der Waals surface area contributed by atoms with E-state index in [-0.39, 0.29) is 31.1 Å². The van der Waals surface area contributed by atoms with Crippen molar-refractivity contribution in [3.05, 3.63) is 72.9 Å². The van der Waals surface area contributed by atoms with E-state index in [0.29, 0.717) is 19.3 Å². The predicted molar refractivity (Wildman–Crippen MR) is 311 cm³/mol. The van der Waals surface area contributed by atoms with Crippen LogP contribution >= 0.6 is 0 Å². The highest BCUT2D eigenvalue weighted by atomic mass is 16.6. The van der Waals surface area contributed by atoms with Gasteiger partial charge in [-0.3, -0.25) is 14.4 Å². The molecule has 0 aromatic heterocycles. The molecule has 0 aromatic rings. The Labute approximate surface area is 446 Å². The Morgan fingerprint density at radius 2 is 0.542 bits per heavy atom. The Balaban J connectivity index is 4.23. The molecule has 0 aliphatic rings. The van der Waals surface area contributed by atoms with Crippen molar-refractivity contribution in [1.82, 2.24) is 0 Å². The lowest BCUT2D eigenvalue weighted by atomic mass is 10.0. The third-order valence-electron chi connectivity index (χ3n) is 13.4. The zero-order valence-electron chi connectivity index (χ0n) is 47.7. The molecular formula is C66H116O6. The average Bonchev–Trinajstić information content (AvgIpc) is 3.38. The van der Waals surface area contributed by atoms with Crippen molar-refractivity contribution in [3.63, 3.8) is 0 Å². The van der Waals surface area contributed by atoms with E-state index in [0.717, 1.165) is 103 Å². The van der Waals surface area contributed by atoms with Gasteiger partial charge in [-0.1, -0.05) is 254 Å². The van der Waals surface area contributed by atoms with Crippen LogP contribution in [0, 0.1) is 0 Å². The Morgan fingerprint density at radius 3 is 0.875 bits per heavy atom. The van der Waals surface area contributed by atoms with E-state index in [9.17, 15) is 14.4 Å². The fourth-order valence-electron chi connectivity index (χ4n) is 8.78. The highest BCUT2D eigenvalue weighted by Gasteiger charge is 2.19. The molecule has 0 aromatic carbocycles. The second-order valence-electron chi connectivity index (χ2n) is 20.6. The first kappa shape index (κ1) is 68.8. The molecule has 1 atom stereocenters. The number of hydrogen-bond donors (Lipinski definition) is 0. The Kier molecular flexibility index (Phi) is 57.8. The molecule has 6 heteroatoms. The molecule has 0 fully saturated rings. The molecule has 0 saturated carbocycles. The van der Waals surface area contributed by atoms with Crippen molar-refractivity contribution in [1.29, 1.82) is 0 Å². The van der Waals surface area contributed by atoms with Gasteiger partial charge in [0.05, 0.1) is 0 Å². The molecule has 416 valence electrons. The van der Waals surface area contributed by atoms with E-state index < -0.39 is 6.10 Å². The van der Waals surface area contributed by atoms with E-state index in [1.54, 1.807) is 0 Å². The maximum atomic E-state index is 12.9. The molecular weight excluding hydrogens is 889 g/mol. The van der Waals surface area contributed by atoms with Crippen LogP contribution in [0.4, 0.5) is 0 Å². The maximum Gasteiger partial charge on any atom is 0.306 e. The van der Waals surface area contributed by atoms with Crippen LogP contribution in [-0.4, -0.2) is 37.2 Å². The summed E-state index contributed by atoms with van der Waals surface area (Å²) in [5, 5.41) is 0. The van der Waals surface area contributed by atoms with Crippen LogP contribution in [0.2, 0.25) is 0 Å².